The predicted octanol–water partition coefficient (Wildman–Crippen LogP) is -0.201. The Labute approximate surface area is 77.5 Å². The highest BCUT2D eigenvalue weighted by molar-refractivity contribution is 8.12. The van der Waals surface area contributed by atoms with Gasteiger partial charge in [0.2, 0.25) is 0 Å². The highest BCUT2D eigenvalue weighted by atomic mass is 32.2. The third-order valence-electron chi connectivity index (χ3n) is 1.29. The molecule has 0 radical (unpaired) electrons. The van der Waals surface area contributed by atoms with Crippen LogP contribution in [-0.2, 0) is 0 Å². The van der Waals surface area contributed by atoms with E-state index in [0.717, 1.165) is 11.8 Å². The molecule has 0 saturated carbocycles. The van der Waals surface area contributed by atoms with Crippen LogP contribution in [-0.4, -0.2) is 42.8 Å². The van der Waals surface area contributed by atoms with Crippen LogP contribution in [0.5, 0.6) is 0 Å². The number of rotatable bonds is 3. The molecular weight excluding hydrogens is 176 g/mol. The second-order valence-electron chi connectivity index (χ2n) is 3.28. The minimum absolute atomic E-state index is 0.111. The van der Waals surface area contributed by atoms with Crippen LogP contribution >= 0.6 is 11.8 Å². The van der Waals surface area contributed by atoms with Gasteiger partial charge in [0.25, 0.3) is 0 Å². The van der Waals surface area contributed by atoms with Gasteiger partial charge >= 0.3 is 5.24 Å². The molecule has 0 aromatic rings. The van der Waals surface area contributed by atoms with Crippen LogP contribution in [0.1, 0.15) is 6.92 Å². The van der Waals surface area contributed by atoms with Gasteiger partial charge in [0.15, 0.2) is 0 Å². The van der Waals surface area contributed by atoms with E-state index in [4.69, 9.17) is 0 Å². The van der Waals surface area contributed by atoms with Crippen LogP contribution in [0, 0.1) is 0 Å². The van der Waals surface area contributed by atoms with Crippen molar-refractivity contribution < 1.29 is 14.5 Å². The van der Waals surface area contributed by atoms with Crippen LogP contribution < -0.4 is 10.5 Å². The summed E-state index contributed by atoms with van der Waals surface area (Å²) in [6.07, 6.45) is 1.04. The Bertz CT molecular complexity index is 159. The summed E-state index contributed by atoms with van der Waals surface area (Å²) in [4.78, 5) is 10.9. The molecule has 1 unspecified atom stereocenters. The Kier molecular flexibility index (Phi) is 4.59. The number of quaternary nitrogens is 1. The van der Waals surface area contributed by atoms with E-state index in [1.807, 2.05) is 0 Å². The Hall–Kier alpha value is -0.260. The molecule has 1 amide bonds. The Morgan fingerprint density at radius 3 is 2.50 bits per heavy atom. The normalized spacial score (nSPS) is 14.1. The standard InChI is InChI=1S/C7H16N2O2S/c1-6(10)5-9(2,3)8-7(11)12-4/h6H,5H2,1-4H3,(H,8,11). The van der Waals surface area contributed by atoms with Gasteiger partial charge in [0.1, 0.15) is 0 Å². The van der Waals surface area contributed by atoms with Gasteiger partial charge in [-0.1, -0.05) is 24.8 Å². The van der Waals surface area contributed by atoms with Crippen molar-refractivity contribution in [2.24, 2.45) is 0 Å². The summed E-state index contributed by atoms with van der Waals surface area (Å²) >= 11 is 1.11. The first-order valence-corrected chi connectivity index (χ1v) is 4.95. The topological polar surface area (TPSA) is 52.2 Å². The van der Waals surface area contributed by atoms with Crippen molar-refractivity contribution in [3.8, 4) is 0 Å². The van der Waals surface area contributed by atoms with Gasteiger partial charge < -0.3 is 5.11 Å². The van der Waals surface area contributed by atoms with Gasteiger partial charge in [-0.15, -0.1) is 0 Å². The largest absolute Gasteiger partial charge is 0.848 e. The molecule has 0 aliphatic carbocycles. The number of hydrogen-bond donors (Lipinski definition) is 1. The molecule has 0 spiro atoms. The molecule has 0 bridgehead atoms. The number of hydrogen-bond acceptors (Lipinski definition) is 3. The van der Waals surface area contributed by atoms with E-state index in [0.29, 0.717) is 6.54 Å². The smallest absolute Gasteiger partial charge is 0.322 e. The molecule has 1 N–H and O–H groups in total. The quantitative estimate of drug-likeness (QED) is 0.497. The van der Waals surface area contributed by atoms with Crippen molar-refractivity contribution in [3.63, 3.8) is 0 Å². The van der Waals surface area contributed by atoms with Crippen molar-refractivity contribution in [1.82, 2.24) is 5.43 Å². The van der Waals surface area contributed by atoms with Crippen LogP contribution in [0.4, 0.5) is 4.79 Å². The van der Waals surface area contributed by atoms with Crippen LogP contribution in [0.2, 0.25) is 0 Å². The first-order valence-electron chi connectivity index (χ1n) is 3.72. The van der Waals surface area contributed by atoms with Gasteiger partial charge in [-0.05, 0) is 6.26 Å². The summed E-state index contributed by atoms with van der Waals surface area (Å²) < 4.78 is 0.240. The minimum Gasteiger partial charge on any atom is -0.848 e. The van der Waals surface area contributed by atoms with E-state index in [2.05, 4.69) is 5.43 Å². The molecule has 0 aromatic heterocycles. The van der Waals surface area contributed by atoms with E-state index < -0.39 is 6.10 Å². The SMILES string of the molecule is CSC(=O)N[N+](C)(C)CC(C)[O-]. The predicted molar refractivity (Wildman–Crippen MR) is 48.5 cm³/mol. The van der Waals surface area contributed by atoms with Crippen molar-refractivity contribution in [2.75, 3.05) is 26.9 Å². The fourth-order valence-electron chi connectivity index (χ4n) is 0.981. The summed E-state index contributed by atoms with van der Waals surface area (Å²) in [6.45, 7) is 1.98. The Morgan fingerprint density at radius 2 is 2.17 bits per heavy atom. The molecular formula is C7H16N2O2S. The van der Waals surface area contributed by atoms with E-state index in [-0.39, 0.29) is 9.83 Å². The molecule has 12 heavy (non-hydrogen) atoms. The van der Waals surface area contributed by atoms with E-state index in [9.17, 15) is 9.90 Å². The first-order chi connectivity index (χ1) is 5.37. The maximum Gasteiger partial charge on any atom is 0.322 e. The average Bonchev–Trinajstić information content (AvgIpc) is 1.83. The summed E-state index contributed by atoms with van der Waals surface area (Å²) in [5.41, 5.74) is 2.70. The zero-order chi connectivity index (χ0) is 9.78. The number of nitrogens with one attached hydrogen (secondary N) is 1. The highest BCUT2D eigenvalue weighted by Gasteiger charge is 2.17. The lowest BCUT2D eigenvalue weighted by atomic mass is 10.4. The molecule has 72 valence electrons. The van der Waals surface area contributed by atoms with Gasteiger partial charge in [0.05, 0.1) is 20.6 Å². The second kappa shape index (κ2) is 4.69. The fourth-order valence-corrected chi connectivity index (χ4v) is 1.32. The first kappa shape index (κ1) is 11.7. The van der Waals surface area contributed by atoms with Crippen molar-refractivity contribution in [2.45, 2.75) is 13.0 Å². The second-order valence-corrected chi connectivity index (χ2v) is 4.06. The van der Waals surface area contributed by atoms with Crippen molar-refractivity contribution in [3.05, 3.63) is 0 Å². The molecule has 0 aliphatic rings. The molecule has 0 rings (SSSR count). The van der Waals surface area contributed by atoms with Crippen LogP contribution in [0.3, 0.4) is 0 Å². The highest BCUT2D eigenvalue weighted by Crippen LogP contribution is 1.99. The number of nitrogens with zero attached hydrogens (tertiary/aromatic N) is 1. The van der Waals surface area contributed by atoms with Crippen LogP contribution in [0.25, 0.3) is 0 Å². The van der Waals surface area contributed by atoms with Gasteiger partial charge in [-0.2, -0.15) is 5.43 Å². The number of likely N-dealkylation sites (N-methyl/N-ethyl adjacent to an activating group) is 1. The molecule has 0 saturated heterocycles. The fraction of sp³-hybridized carbons (Fsp3) is 0.857. The maximum atomic E-state index is 10.9. The van der Waals surface area contributed by atoms with Crippen molar-refractivity contribution in [1.29, 1.82) is 0 Å². The van der Waals surface area contributed by atoms with Crippen molar-refractivity contribution >= 4 is 17.0 Å². The maximum absolute atomic E-state index is 10.9. The Morgan fingerprint density at radius 1 is 1.67 bits per heavy atom. The molecule has 4 nitrogen and oxygen atoms in total. The third-order valence-corrected chi connectivity index (χ3v) is 1.75. The molecule has 5 heteroatoms. The number of amides is 1. The lowest BCUT2D eigenvalue weighted by Gasteiger charge is -2.33. The number of thioether (sulfide) groups is 1. The summed E-state index contributed by atoms with van der Waals surface area (Å²) in [5.74, 6) is 0. The van der Waals surface area contributed by atoms with Gasteiger partial charge in [-0.25, -0.2) is 4.59 Å². The monoisotopic (exact) mass is 192 g/mol. The number of carbonyl (C=O) groups excluding carboxylic acids is 1. The van der Waals surface area contributed by atoms with E-state index >= 15 is 0 Å². The summed E-state index contributed by atoms with van der Waals surface area (Å²) in [7, 11) is 3.59. The zero-order valence-corrected chi connectivity index (χ0v) is 8.77. The van der Waals surface area contributed by atoms with Crippen LogP contribution in [0.15, 0.2) is 0 Å². The van der Waals surface area contributed by atoms with Gasteiger partial charge in [0, 0.05) is 0 Å². The molecule has 0 heterocycles. The Balaban J connectivity index is 3.94. The van der Waals surface area contributed by atoms with E-state index in [1.165, 1.54) is 0 Å². The molecule has 0 fully saturated rings. The molecule has 0 aliphatic heterocycles. The van der Waals surface area contributed by atoms with E-state index in [1.54, 1.807) is 27.3 Å². The third kappa shape index (κ3) is 5.40. The lowest BCUT2D eigenvalue weighted by Crippen LogP contribution is -2.57. The zero-order valence-electron chi connectivity index (χ0n) is 7.96. The number of carbonyl (C=O) groups is 1. The lowest BCUT2D eigenvalue weighted by molar-refractivity contribution is -0.931. The average molecular weight is 192 g/mol. The summed E-state index contributed by atoms with van der Waals surface area (Å²) in [6, 6.07) is 0. The molecule has 0 aromatic carbocycles. The minimum atomic E-state index is -0.665. The summed E-state index contributed by atoms with van der Waals surface area (Å²) in [5, 5.41) is 10.7. The van der Waals surface area contributed by atoms with Gasteiger partial charge in [-0.3, -0.25) is 4.79 Å². The molecule has 1 atom stereocenters.